The standard InChI is InChI=1S/C23H22N2O5/c1-28-12-10-24-20(26)14-30-23(27)21-17-6-2-3-7-19(17)25-22-15(8-9-18(21)22)13-16-5-4-11-29-16/h2-7,11,13H,8-10,12,14H2,1H3,(H,24,26)/b15-13+. The van der Waals surface area contributed by atoms with Crippen LogP contribution in [0.25, 0.3) is 22.6 Å². The average Bonchev–Trinajstić information content (AvgIpc) is 3.41. The van der Waals surface area contributed by atoms with E-state index in [2.05, 4.69) is 5.32 Å². The van der Waals surface area contributed by atoms with Gasteiger partial charge in [-0.1, -0.05) is 18.2 Å². The number of fused-ring (bicyclic) bond motifs is 2. The van der Waals surface area contributed by atoms with Crippen LogP contribution in [0.4, 0.5) is 0 Å². The van der Waals surface area contributed by atoms with Gasteiger partial charge in [0.1, 0.15) is 5.76 Å². The summed E-state index contributed by atoms with van der Waals surface area (Å²) in [6.07, 6.45) is 4.99. The van der Waals surface area contributed by atoms with Crippen LogP contribution in [0.1, 0.15) is 33.8 Å². The number of esters is 1. The second-order valence-corrected chi connectivity index (χ2v) is 6.93. The van der Waals surface area contributed by atoms with Gasteiger partial charge in [0, 0.05) is 19.0 Å². The molecule has 1 amide bonds. The van der Waals surface area contributed by atoms with Gasteiger partial charge in [0.05, 0.1) is 29.6 Å². The van der Waals surface area contributed by atoms with Gasteiger partial charge in [-0.2, -0.15) is 0 Å². The summed E-state index contributed by atoms with van der Waals surface area (Å²) >= 11 is 0. The summed E-state index contributed by atoms with van der Waals surface area (Å²) in [5, 5.41) is 3.36. The molecule has 7 heteroatoms. The van der Waals surface area contributed by atoms with Gasteiger partial charge in [-0.25, -0.2) is 9.78 Å². The van der Waals surface area contributed by atoms with Gasteiger partial charge in [-0.15, -0.1) is 0 Å². The molecule has 0 fully saturated rings. The molecule has 1 aliphatic carbocycles. The maximum Gasteiger partial charge on any atom is 0.339 e. The van der Waals surface area contributed by atoms with Crippen molar-refractivity contribution in [1.29, 1.82) is 0 Å². The molecule has 0 aliphatic heterocycles. The molecular formula is C23H22N2O5. The quantitative estimate of drug-likeness (QED) is 0.479. The van der Waals surface area contributed by atoms with E-state index in [0.29, 0.717) is 30.7 Å². The van der Waals surface area contributed by atoms with Gasteiger partial charge in [0.2, 0.25) is 0 Å². The Labute approximate surface area is 173 Å². The van der Waals surface area contributed by atoms with E-state index < -0.39 is 5.97 Å². The molecule has 0 atom stereocenters. The number of carbonyl (C=O) groups excluding carboxylic acids is 2. The van der Waals surface area contributed by atoms with Crippen LogP contribution in [0.2, 0.25) is 0 Å². The molecule has 4 rings (SSSR count). The first kappa shape index (κ1) is 19.8. The summed E-state index contributed by atoms with van der Waals surface area (Å²) in [5.41, 5.74) is 3.82. The number of rotatable bonds is 7. The van der Waals surface area contributed by atoms with Crippen molar-refractivity contribution >= 4 is 34.4 Å². The number of amides is 1. The Morgan fingerprint density at radius 3 is 2.87 bits per heavy atom. The van der Waals surface area contributed by atoms with E-state index in [1.54, 1.807) is 13.4 Å². The zero-order chi connectivity index (χ0) is 20.9. The summed E-state index contributed by atoms with van der Waals surface area (Å²) in [6, 6.07) is 11.2. The van der Waals surface area contributed by atoms with Gasteiger partial charge in [-0.05, 0) is 48.3 Å². The lowest BCUT2D eigenvalue weighted by molar-refractivity contribution is -0.124. The van der Waals surface area contributed by atoms with Crippen LogP contribution in [-0.2, 0) is 20.7 Å². The number of nitrogens with zero attached hydrogens (tertiary/aromatic N) is 1. The molecular weight excluding hydrogens is 384 g/mol. The Morgan fingerprint density at radius 2 is 2.07 bits per heavy atom. The van der Waals surface area contributed by atoms with Gasteiger partial charge >= 0.3 is 5.97 Å². The maximum atomic E-state index is 13.0. The molecule has 1 aromatic carbocycles. The lowest BCUT2D eigenvalue weighted by Crippen LogP contribution is -2.31. The van der Waals surface area contributed by atoms with E-state index >= 15 is 0 Å². The second-order valence-electron chi connectivity index (χ2n) is 6.93. The van der Waals surface area contributed by atoms with Crippen molar-refractivity contribution in [3.63, 3.8) is 0 Å². The molecule has 0 radical (unpaired) electrons. The number of pyridine rings is 1. The zero-order valence-corrected chi connectivity index (χ0v) is 16.6. The summed E-state index contributed by atoms with van der Waals surface area (Å²) in [4.78, 5) is 29.7. The maximum absolute atomic E-state index is 13.0. The Balaban J connectivity index is 1.64. The molecule has 7 nitrogen and oxygen atoms in total. The molecule has 2 aromatic heterocycles. The predicted molar refractivity (Wildman–Crippen MR) is 112 cm³/mol. The Morgan fingerprint density at radius 1 is 1.20 bits per heavy atom. The van der Waals surface area contributed by atoms with Crippen LogP contribution in [0, 0.1) is 0 Å². The number of furan rings is 1. The van der Waals surface area contributed by atoms with E-state index in [1.807, 2.05) is 42.5 Å². The Kier molecular flexibility index (Phi) is 5.90. The number of allylic oxidation sites excluding steroid dienone is 1. The monoisotopic (exact) mass is 406 g/mol. The van der Waals surface area contributed by atoms with Crippen molar-refractivity contribution in [2.75, 3.05) is 26.9 Å². The molecule has 0 unspecified atom stereocenters. The van der Waals surface area contributed by atoms with Crippen molar-refractivity contribution in [3.05, 3.63) is 65.2 Å². The van der Waals surface area contributed by atoms with Crippen LogP contribution in [-0.4, -0.2) is 43.7 Å². The highest BCUT2D eigenvalue weighted by Gasteiger charge is 2.28. The first-order valence-electron chi connectivity index (χ1n) is 9.76. The highest BCUT2D eigenvalue weighted by atomic mass is 16.5. The average molecular weight is 406 g/mol. The van der Waals surface area contributed by atoms with Crippen LogP contribution >= 0.6 is 0 Å². The van der Waals surface area contributed by atoms with Crippen LogP contribution < -0.4 is 5.32 Å². The van der Waals surface area contributed by atoms with Crippen molar-refractivity contribution in [3.8, 4) is 0 Å². The van der Waals surface area contributed by atoms with Crippen molar-refractivity contribution in [2.45, 2.75) is 12.8 Å². The van der Waals surface area contributed by atoms with Crippen LogP contribution in [0.15, 0.2) is 47.1 Å². The fourth-order valence-electron chi connectivity index (χ4n) is 3.60. The normalized spacial score (nSPS) is 14.1. The van der Waals surface area contributed by atoms with Crippen molar-refractivity contribution < 1.29 is 23.5 Å². The minimum absolute atomic E-state index is 0.344. The van der Waals surface area contributed by atoms with E-state index in [0.717, 1.165) is 34.4 Å². The third-order valence-corrected chi connectivity index (χ3v) is 4.97. The third kappa shape index (κ3) is 4.11. The third-order valence-electron chi connectivity index (χ3n) is 4.97. The molecule has 1 N–H and O–H groups in total. The molecule has 2 heterocycles. The minimum Gasteiger partial charge on any atom is -0.465 e. The number of hydrogen-bond acceptors (Lipinski definition) is 6. The molecule has 0 saturated carbocycles. The molecule has 154 valence electrons. The van der Waals surface area contributed by atoms with Crippen molar-refractivity contribution in [1.82, 2.24) is 10.3 Å². The van der Waals surface area contributed by atoms with E-state index in [4.69, 9.17) is 18.9 Å². The SMILES string of the molecule is COCCNC(=O)COC(=O)c1c2c(nc3ccccc13)/C(=C/c1ccco1)CC2. The summed E-state index contributed by atoms with van der Waals surface area (Å²) in [7, 11) is 1.55. The highest BCUT2D eigenvalue weighted by Crippen LogP contribution is 2.37. The van der Waals surface area contributed by atoms with Crippen LogP contribution in [0.5, 0.6) is 0 Å². The van der Waals surface area contributed by atoms with Crippen LogP contribution in [0.3, 0.4) is 0 Å². The number of carbonyl (C=O) groups is 2. The van der Waals surface area contributed by atoms with Crippen molar-refractivity contribution in [2.24, 2.45) is 0 Å². The number of benzene rings is 1. The number of para-hydroxylation sites is 1. The Hall–Kier alpha value is -3.45. The molecule has 1 aliphatic rings. The molecule has 3 aromatic rings. The number of aromatic nitrogens is 1. The largest absolute Gasteiger partial charge is 0.465 e. The van der Waals surface area contributed by atoms with Gasteiger partial charge < -0.3 is 19.2 Å². The van der Waals surface area contributed by atoms with E-state index in [9.17, 15) is 9.59 Å². The van der Waals surface area contributed by atoms with E-state index in [1.165, 1.54) is 0 Å². The lowest BCUT2D eigenvalue weighted by atomic mass is 10.0. The predicted octanol–water partition coefficient (Wildman–Crippen LogP) is 3.23. The summed E-state index contributed by atoms with van der Waals surface area (Å²) in [5.74, 6) is -0.149. The smallest absolute Gasteiger partial charge is 0.339 e. The van der Waals surface area contributed by atoms with Gasteiger partial charge in [-0.3, -0.25) is 4.79 Å². The highest BCUT2D eigenvalue weighted by molar-refractivity contribution is 6.07. The first-order valence-corrected chi connectivity index (χ1v) is 9.76. The van der Waals surface area contributed by atoms with Gasteiger partial charge in [0.15, 0.2) is 6.61 Å². The topological polar surface area (TPSA) is 90.7 Å². The molecule has 0 spiro atoms. The summed E-state index contributed by atoms with van der Waals surface area (Å²) in [6.45, 7) is 0.414. The number of nitrogens with one attached hydrogen (secondary N) is 1. The number of ether oxygens (including phenoxy) is 2. The second kappa shape index (κ2) is 8.92. The molecule has 0 saturated heterocycles. The van der Waals surface area contributed by atoms with Gasteiger partial charge in [0.25, 0.3) is 5.91 Å². The number of methoxy groups -OCH3 is 1. The molecule has 30 heavy (non-hydrogen) atoms. The number of hydrogen-bond donors (Lipinski definition) is 1. The van der Waals surface area contributed by atoms with E-state index in [-0.39, 0.29) is 12.5 Å². The minimum atomic E-state index is -0.522. The fraction of sp³-hybridized carbons (Fsp3) is 0.261. The zero-order valence-electron chi connectivity index (χ0n) is 16.6. The summed E-state index contributed by atoms with van der Waals surface area (Å²) < 4.78 is 15.7. The first-order chi connectivity index (χ1) is 14.7. The molecule has 0 bridgehead atoms. The lowest BCUT2D eigenvalue weighted by Gasteiger charge is -2.12. The fourth-order valence-corrected chi connectivity index (χ4v) is 3.60. The Bertz CT molecular complexity index is 1100.